The minimum absolute atomic E-state index is 0.360. The van der Waals surface area contributed by atoms with E-state index in [4.69, 9.17) is 10.5 Å². The highest BCUT2D eigenvalue weighted by Gasteiger charge is 2.22. The molecule has 0 bridgehead atoms. The fourth-order valence-corrected chi connectivity index (χ4v) is 1.08. The highest BCUT2D eigenvalue weighted by Crippen LogP contribution is 2.07. The second kappa shape index (κ2) is 5.26. The van der Waals surface area contributed by atoms with Crippen LogP contribution in [-0.2, 0) is 11.3 Å². The standard InChI is InChI=1S/C12H19NO2/c1-12(2,14)11(13)9-15-8-10-6-4-3-5-7-10/h3-7,11,14H,8-9,13H2,1-2H3. The van der Waals surface area contributed by atoms with E-state index in [-0.39, 0.29) is 6.04 Å². The van der Waals surface area contributed by atoms with Crippen molar-refractivity contribution in [2.24, 2.45) is 5.73 Å². The topological polar surface area (TPSA) is 55.5 Å². The molecule has 1 rings (SSSR count). The predicted molar refractivity (Wildman–Crippen MR) is 60.4 cm³/mol. The van der Waals surface area contributed by atoms with Crippen molar-refractivity contribution >= 4 is 0 Å². The van der Waals surface area contributed by atoms with E-state index in [0.717, 1.165) is 5.56 Å². The molecule has 3 heteroatoms. The first-order chi connectivity index (χ1) is 7.00. The van der Waals surface area contributed by atoms with Crippen molar-refractivity contribution in [2.45, 2.75) is 32.1 Å². The third-order valence-corrected chi connectivity index (χ3v) is 2.32. The molecular weight excluding hydrogens is 190 g/mol. The molecule has 0 spiro atoms. The third-order valence-electron chi connectivity index (χ3n) is 2.32. The number of benzene rings is 1. The van der Waals surface area contributed by atoms with Gasteiger partial charge < -0.3 is 15.6 Å². The van der Waals surface area contributed by atoms with Crippen molar-refractivity contribution < 1.29 is 9.84 Å². The van der Waals surface area contributed by atoms with Gasteiger partial charge in [0.15, 0.2) is 0 Å². The summed E-state index contributed by atoms with van der Waals surface area (Å²) in [6, 6.07) is 9.53. The molecule has 0 aromatic heterocycles. The SMILES string of the molecule is CC(C)(O)C(N)COCc1ccccc1. The summed E-state index contributed by atoms with van der Waals surface area (Å²) in [7, 11) is 0. The summed E-state index contributed by atoms with van der Waals surface area (Å²) < 4.78 is 5.42. The van der Waals surface area contributed by atoms with E-state index in [1.165, 1.54) is 0 Å². The second-order valence-electron chi connectivity index (χ2n) is 4.26. The van der Waals surface area contributed by atoms with Gasteiger partial charge in [0.05, 0.1) is 24.9 Å². The molecule has 1 atom stereocenters. The first-order valence-corrected chi connectivity index (χ1v) is 5.10. The van der Waals surface area contributed by atoms with Gasteiger partial charge in [0.25, 0.3) is 0 Å². The van der Waals surface area contributed by atoms with Crippen LogP contribution in [0.2, 0.25) is 0 Å². The van der Waals surface area contributed by atoms with E-state index in [1.54, 1.807) is 13.8 Å². The van der Waals surface area contributed by atoms with Crippen LogP contribution in [0.25, 0.3) is 0 Å². The number of ether oxygens (including phenoxy) is 1. The lowest BCUT2D eigenvalue weighted by molar-refractivity contribution is 0.00370. The van der Waals surface area contributed by atoms with Crippen LogP contribution in [0.15, 0.2) is 30.3 Å². The van der Waals surface area contributed by atoms with E-state index in [9.17, 15) is 5.11 Å². The molecule has 1 aromatic carbocycles. The molecule has 0 aliphatic carbocycles. The minimum atomic E-state index is -0.892. The summed E-state index contributed by atoms with van der Waals surface area (Å²) in [4.78, 5) is 0. The monoisotopic (exact) mass is 209 g/mol. The molecule has 1 aromatic rings. The van der Waals surface area contributed by atoms with Gasteiger partial charge in [-0.1, -0.05) is 30.3 Å². The first kappa shape index (κ1) is 12.2. The maximum Gasteiger partial charge on any atom is 0.0764 e. The predicted octanol–water partition coefficient (Wildman–Crippen LogP) is 1.30. The van der Waals surface area contributed by atoms with Gasteiger partial charge in [0.2, 0.25) is 0 Å². The molecule has 3 N–H and O–H groups in total. The van der Waals surface area contributed by atoms with Crippen LogP contribution in [0.1, 0.15) is 19.4 Å². The molecule has 0 radical (unpaired) electrons. The van der Waals surface area contributed by atoms with E-state index >= 15 is 0 Å². The average Bonchev–Trinajstić information content (AvgIpc) is 2.18. The molecule has 0 saturated carbocycles. The Bertz CT molecular complexity index is 279. The molecule has 0 aliphatic heterocycles. The van der Waals surface area contributed by atoms with E-state index < -0.39 is 5.60 Å². The van der Waals surface area contributed by atoms with Crippen molar-refractivity contribution in [1.29, 1.82) is 0 Å². The summed E-state index contributed by atoms with van der Waals surface area (Å²) >= 11 is 0. The number of aliphatic hydroxyl groups is 1. The van der Waals surface area contributed by atoms with Crippen molar-refractivity contribution in [3.05, 3.63) is 35.9 Å². The molecule has 0 amide bonds. The lowest BCUT2D eigenvalue weighted by atomic mass is 10.0. The van der Waals surface area contributed by atoms with Crippen LogP contribution in [0.5, 0.6) is 0 Å². The van der Waals surface area contributed by atoms with E-state index in [0.29, 0.717) is 13.2 Å². The van der Waals surface area contributed by atoms with Crippen molar-refractivity contribution in [3.63, 3.8) is 0 Å². The Balaban J connectivity index is 2.28. The lowest BCUT2D eigenvalue weighted by Gasteiger charge is -2.25. The van der Waals surface area contributed by atoms with Gasteiger partial charge in [0, 0.05) is 0 Å². The van der Waals surface area contributed by atoms with Gasteiger partial charge in [0.1, 0.15) is 0 Å². The fourth-order valence-electron chi connectivity index (χ4n) is 1.08. The quantitative estimate of drug-likeness (QED) is 0.768. The summed E-state index contributed by atoms with van der Waals surface area (Å²) in [5, 5.41) is 9.58. The summed E-state index contributed by atoms with van der Waals surface area (Å²) in [6.07, 6.45) is 0. The van der Waals surface area contributed by atoms with Gasteiger partial charge in [-0.25, -0.2) is 0 Å². The van der Waals surface area contributed by atoms with E-state index in [2.05, 4.69) is 0 Å². The van der Waals surface area contributed by atoms with Crippen LogP contribution >= 0.6 is 0 Å². The average molecular weight is 209 g/mol. The van der Waals surface area contributed by atoms with Gasteiger partial charge in [-0.3, -0.25) is 0 Å². The second-order valence-corrected chi connectivity index (χ2v) is 4.26. The Hall–Kier alpha value is -0.900. The van der Waals surface area contributed by atoms with Crippen LogP contribution < -0.4 is 5.73 Å². The van der Waals surface area contributed by atoms with Crippen LogP contribution in [0.3, 0.4) is 0 Å². The Morgan fingerprint density at radius 3 is 2.47 bits per heavy atom. The number of hydrogen-bond acceptors (Lipinski definition) is 3. The van der Waals surface area contributed by atoms with Crippen molar-refractivity contribution in [2.75, 3.05) is 6.61 Å². The van der Waals surface area contributed by atoms with Gasteiger partial charge in [-0.2, -0.15) is 0 Å². The molecule has 3 nitrogen and oxygen atoms in total. The van der Waals surface area contributed by atoms with Gasteiger partial charge in [-0.15, -0.1) is 0 Å². The normalized spacial score (nSPS) is 13.9. The molecular formula is C12H19NO2. The first-order valence-electron chi connectivity index (χ1n) is 5.10. The Labute approximate surface area is 90.9 Å². The molecule has 0 heterocycles. The zero-order valence-electron chi connectivity index (χ0n) is 9.31. The number of nitrogens with two attached hydrogens (primary N) is 1. The third kappa shape index (κ3) is 4.42. The summed E-state index contributed by atoms with van der Waals surface area (Å²) in [6.45, 7) is 4.26. The van der Waals surface area contributed by atoms with Gasteiger partial charge >= 0.3 is 0 Å². The van der Waals surface area contributed by atoms with E-state index in [1.807, 2.05) is 30.3 Å². The molecule has 0 saturated heterocycles. The summed E-state index contributed by atoms with van der Waals surface area (Å²) in [5.41, 5.74) is 5.96. The van der Waals surface area contributed by atoms with Crippen LogP contribution in [-0.4, -0.2) is 23.4 Å². The zero-order chi connectivity index (χ0) is 11.3. The lowest BCUT2D eigenvalue weighted by Crippen LogP contribution is -2.46. The van der Waals surface area contributed by atoms with Crippen LogP contribution in [0, 0.1) is 0 Å². The van der Waals surface area contributed by atoms with Crippen molar-refractivity contribution in [1.82, 2.24) is 0 Å². The highest BCUT2D eigenvalue weighted by atomic mass is 16.5. The van der Waals surface area contributed by atoms with Crippen molar-refractivity contribution in [3.8, 4) is 0 Å². The Morgan fingerprint density at radius 1 is 1.33 bits per heavy atom. The maximum absolute atomic E-state index is 9.58. The zero-order valence-corrected chi connectivity index (χ0v) is 9.31. The molecule has 0 aliphatic rings. The Morgan fingerprint density at radius 2 is 1.93 bits per heavy atom. The molecule has 1 unspecified atom stereocenters. The smallest absolute Gasteiger partial charge is 0.0764 e. The highest BCUT2D eigenvalue weighted by molar-refractivity contribution is 5.13. The number of rotatable bonds is 5. The fraction of sp³-hybridized carbons (Fsp3) is 0.500. The molecule has 0 fully saturated rings. The number of hydrogen-bond donors (Lipinski definition) is 2. The van der Waals surface area contributed by atoms with Crippen LogP contribution in [0.4, 0.5) is 0 Å². The van der Waals surface area contributed by atoms with Gasteiger partial charge in [-0.05, 0) is 19.4 Å². The molecule has 84 valence electrons. The maximum atomic E-state index is 9.58. The largest absolute Gasteiger partial charge is 0.389 e. The Kier molecular flexibility index (Phi) is 4.27. The summed E-state index contributed by atoms with van der Waals surface area (Å²) in [5.74, 6) is 0. The molecule has 15 heavy (non-hydrogen) atoms. The minimum Gasteiger partial charge on any atom is -0.389 e.